The van der Waals surface area contributed by atoms with Crippen molar-refractivity contribution in [1.82, 2.24) is 4.90 Å². The highest BCUT2D eigenvalue weighted by Gasteiger charge is 2.48. The third-order valence-corrected chi connectivity index (χ3v) is 6.00. The van der Waals surface area contributed by atoms with E-state index < -0.39 is 5.79 Å². The molecule has 0 atom stereocenters. The van der Waals surface area contributed by atoms with Gasteiger partial charge >= 0.3 is 5.97 Å². The zero-order valence-electron chi connectivity index (χ0n) is 16.3. The SMILES string of the molecule is COC(=O)c1cc(C2CC2)c2c(c1C)OC1(CCC(CN(C)C)CC1)O2. The van der Waals surface area contributed by atoms with Crippen molar-refractivity contribution in [2.75, 3.05) is 27.7 Å². The molecule has 1 spiro atoms. The fraction of sp³-hybridized carbons (Fsp3) is 0.667. The maximum Gasteiger partial charge on any atom is 0.338 e. The Bertz CT molecular complexity index is 715. The lowest BCUT2D eigenvalue weighted by Gasteiger charge is -2.36. The van der Waals surface area contributed by atoms with Gasteiger partial charge in [-0.2, -0.15) is 0 Å². The monoisotopic (exact) mass is 359 g/mol. The Morgan fingerprint density at radius 1 is 1.19 bits per heavy atom. The number of nitrogens with zero attached hydrogens (tertiary/aromatic N) is 1. The topological polar surface area (TPSA) is 48.0 Å². The molecule has 5 heteroatoms. The third kappa shape index (κ3) is 3.07. The van der Waals surface area contributed by atoms with E-state index in [0.29, 0.717) is 17.4 Å². The molecule has 0 saturated heterocycles. The van der Waals surface area contributed by atoms with Crippen molar-refractivity contribution in [3.63, 3.8) is 0 Å². The average Bonchev–Trinajstić information content (AvgIpc) is 3.38. The van der Waals surface area contributed by atoms with E-state index in [9.17, 15) is 4.79 Å². The van der Waals surface area contributed by atoms with Gasteiger partial charge in [0.1, 0.15) is 0 Å². The molecule has 0 radical (unpaired) electrons. The van der Waals surface area contributed by atoms with Gasteiger partial charge in [-0.3, -0.25) is 0 Å². The van der Waals surface area contributed by atoms with Crippen molar-refractivity contribution in [2.45, 2.75) is 57.2 Å². The van der Waals surface area contributed by atoms with E-state index in [0.717, 1.165) is 67.7 Å². The van der Waals surface area contributed by atoms with Crippen LogP contribution in [0.1, 0.15) is 65.9 Å². The largest absolute Gasteiger partial charge is 0.465 e. The summed E-state index contributed by atoms with van der Waals surface area (Å²) in [6, 6.07) is 1.97. The number of esters is 1. The standard InChI is InChI=1S/C21H29NO4/c1-13-16(20(23)24-4)11-17(15-5-6-15)19-18(13)25-21(26-19)9-7-14(8-10-21)12-22(2)3/h11,14-15H,5-10,12H2,1-4H3. The van der Waals surface area contributed by atoms with Crippen LogP contribution in [0.25, 0.3) is 0 Å². The molecule has 2 saturated carbocycles. The van der Waals surface area contributed by atoms with Crippen molar-refractivity contribution < 1.29 is 19.0 Å². The van der Waals surface area contributed by atoms with Crippen LogP contribution in [-0.2, 0) is 4.74 Å². The highest BCUT2D eigenvalue weighted by atomic mass is 16.7. The lowest BCUT2D eigenvalue weighted by molar-refractivity contribution is -0.115. The molecule has 2 aliphatic carbocycles. The Labute approximate surface area is 155 Å². The number of methoxy groups -OCH3 is 1. The highest BCUT2D eigenvalue weighted by molar-refractivity contribution is 5.93. The molecule has 2 fully saturated rings. The normalized spacial score (nSPS) is 27.2. The summed E-state index contributed by atoms with van der Waals surface area (Å²) < 4.78 is 17.9. The minimum absolute atomic E-state index is 0.300. The van der Waals surface area contributed by atoms with Crippen LogP contribution in [0.3, 0.4) is 0 Å². The quantitative estimate of drug-likeness (QED) is 0.764. The summed E-state index contributed by atoms with van der Waals surface area (Å²) in [6.45, 7) is 3.05. The van der Waals surface area contributed by atoms with Crippen LogP contribution in [0, 0.1) is 12.8 Å². The van der Waals surface area contributed by atoms with E-state index in [-0.39, 0.29) is 5.97 Å². The first kappa shape index (κ1) is 17.7. The molecular formula is C21H29NO4. The predicted octanol–water partition coefficient (Wildman–Crippen LogP) is 3.88. The molecule has 1 aromatic carbocycles. The minimum atomic E-state index is -0.547. The van der Waals surface area contributed by atoms with Crippen LogP contribution < -0.4 is 9.47 Å². The Morgan fingerprint density at radius 3 is 2.42 bits per heavy atom. The third-order valence-electron chi connectivity index (χ3n) is 6.00. The number of hydrogen-bond acceptors (Lipinski definition) is 5. The second-order valence-electron chi connectivity index (χ2n) is 8.38. The second-order valence-corrected chi connectivity index (χ2v) is 8.38. The summed E-state index contributed by atoms with van der Waals surface area (Å²) in [5.74, 6) is 1.97. The van der Waals surface area contributed by atoms with Crippen LogP contribution in [0.4, 0.5) is 0 Å². The van der Waals surface area contributed by atoms with Gasteiger partial charge in [-0.05, 0) is 64.6 Å². The maximum atomic E-state index is 12.2. The zero-order valence-corrected chi connectivity index (χ0v) is 16.3. The summed E-state index contributed by atoms with van der Waals surface area (Å²) in [7, 11) is 5.68. The molecular weight excluding hydrogens is 330 g/mol. The minimum Gasteiger partial charge on any atom is -0.465 e. The summed E-state index contributed by atoms with van der Waals surface area (Å²) in [6.07, 6.45) is 6.31. The second kappa shape index (κ2) is 6.45. The van der Waals surface area contributed by atoms with E-state index in [2.05, 4.69) is 19.0 Å². The molecule has 1 aliphatic heterocycles. The highest BCUT2D eigenvalue weighted by Crippen LogP contribution is 2.55. The van der Waals surface area contributed by atoms with Crippen LogP contribution in [0.2, 0.25) is 0 Å². The summed E-state index contributed by atoms with van der Waals surface area (Å²) in [5.41, 5.74) is 2.57. The molecule has 0 amide bonds. The summed E-state index contributed by atoms with van der Waals surface area (Å²) in [4.78, 5) is 14.5. The Kier molecular flexibility index (Phi) is 4.38. The maximum absolute atomic E-state index is 12.2. The molecule has 1 aromatic rings. The lowest BCUT2D eigenvalue weighted by atomic mass is 9.85. The zero-order chi connectivity index (χ0) is 18.5. The number of benzene rings is 1. The van der Waals surface area contributed by atoms with Crippen LogP contribution in [0.15, 0.2) is 6.07 Å². The first-order chi connectivity index (χ1) is 12.4. The van der Waals surface area contributed by atoms with Gasteiger partial charge in [-0.1, -0.05) is 0 Å². The van der Waals surface area contributed by atoms with E-state index in [4.69, 9.17) is 14.2 Å². The molecule has 26 heavy (non-hydrogen) atoms. The molecule has 0 bridgehead atoms. The number of rotatable bonds is 4. The first-order valence-electron chi connectivity index (χ1n) is 9.71. The van der Waals surface area contributed by atoms with E-state index in [1.165, 1.54) is 7.11 Å². The van der Waals surface area contributed by atoms with Crippen LogP contribution >= 0.6 is 0 Å². The Hall–Kier alpha value is -1.75. The predicted molar refractivity (Wildman–Crippen MR) is 99.0 cm³/mol. The van der Waals surface area contributed by atoms with Gasteiger partial charge in [0, 0.05) is 30.5 Å². The molecule has 142 valence electrons. The Morgan fingerprint density at radius 2 is 1.85 bits per heavy atom. The molecule has 4 rings (SSSR count). The van der Waals surface area contributed by atoms with E-state index in [1.54, 1.807) is 0 Å². The van der Waals surface area contributed by atoms with Gasteiger partial charge in [0.15, 0.2) is 11.5 Å². The van der Waals surface area contributed by atoms with Crippen LogP contribution in [0.5, 0.6) is 11.5 Å². The summed E-state index contributed by atoms with van der Waals surface area (Å²) in [5, 5.41) is 0. The van der Waals surface area contributed by atoms with Gasteiger partial charge in [0.25, 0.3) is 5.79 Å². The first-order valence-corrected chi connectivity index (χ1v) is 9.71. The number of carbonyl (C=O) groups is 1. The fourth-order valence-electron chi connectivity index (χ4n) is 4.41. The van der Waals surface area contributed by atoms with Gasteiger partial charge < -0.3 is 19.1 Å². The lowest BCUT2D eigenvalue weighted by Crippen LogP contribution is -2.43. The molecule has 3 aliphatic rings. The molecule has 1 heterocycles. The van der Waals surface area contributed by atoms with E-state index in [1.807, 2.05) is 13.0 Å². The molecule has 0 unspecified atom stereocenters. The van der Waals surface area contributed by atoms with Crippen molar-refractivity contribution in [2.24, 2.45) is 5.92 Å². The van der Waals surface area contributed by atoms with Crippen molar-refractivity contribution in [3.8, 4) is 11.5 Å². The molecule has 5 nitrogen and oxygen atoms in total. The molecule has 0 aromatic heterocycles. The number of carbonyl (C=O) groups excluding carboxylic acids is 1. The number of hydrogen-bond donors (Lipinski definition) is 0. The molecule has 0 N–H and O–H groups in total. The van der Waals surface area contributed by atoms with Gasteiger partial charge in [0.05, 0.1) is 12.7 Å². The number of ether oxygens (including phenoxy) is 3. The van der Waals surface area contributed by atoms with E-state index >= 15 is 0 Å². The van der Waals surface area contributed by atoms with Crippen molar-refractivity contribution >= 4 is 5.97 Å². The van der Waals surface area contributed by atoms with Crippen molar-refractivity contribution in [1.29, 1.82) is 0 Å². The fourth-order valence-corrected chi connectivity index (χ4v) is 4.41. The average molecular weight is 359 g/mol. The number of fused-ring (bicyclic) bond motifs is 1. The van der Waals surface area contributed by atoms with Crippen LogP contribution in [-0.4, -0.2) is 44.4 Å². The smallest absolute Gasteiger partial charge is 0.338 e. The summed E-state index contributed by atoms with van der Waals surface area (Å²) >= 11 is 0. The van der Waals surface area contributed by atoms with Gasteiger partial charge in [-0.25, -0.2) is 4.79 Å². The van der Waals surface area contributed by atoms with Gasteiger partial charge in [-0.15, -0.1) is 0 Å². The van der Waals surface area contributed by atoms with Gasteiger partial charge in [0.2, 0.25) is 0 Å². The van der Waals surface area contributed by atoms with Crippen molar-refractivity contribution in [3.05, 3.63) is 22.8 Å². The Balaban J connectivity index is 1.61.